The molecule has 5 heteroatoms. The van der Waals surface area contributed by atoms with E-state index in [0.717, 1.165) is 24.3 Å². The van der Waals surface area contributed by atoms with Crippen molar-refractivity contribution < 1.29 is 0 Å². The Labute approximate surface area is 138 Å². The molecule has 2 aromatic heterocycles. The quantitative estimate of drug-likeness (QED) is 0.946. The minimum absolute atomic E-state index is 0.388. The summed E-state index contributed by atoms with van der Waals surface area (Å²) in [6, 6.07) is 5.57. The van der Waals surface area contributed by atoms with Crippen molar-refractivity contribution in [1.82, 2.24) is 24.8 Å². The van der Waals surface area contributed by atoms with Gasteiger partial charge in [-0.25, -0.2) is 9.97 Å². The molecule has 2 aliphatic rings. The number of hydrogen-bond donors (Lipinski definition) is 1. The number of pyridine rings is 1. The van der Waals surface area contributed by atoms with E-state index in [4.69, 9.17) is 4.98 Å². The van der Waals surface area contributed by atoms with Crippen LogP contribution in [0.1, 0.15) is 57.4 Å². The molecule has 2 saturated heterocycles. The van der Waals surface area contributed by atoms with E-state index in [1.54, 1.807) is 0 Å². The first-order valence-electron chi connectivity index (χ1n) is 9.04. The molecular weight excluding hydrogens is 286 g/mol. The Morgan fingerprint density at radius 2 is 2.17 bits per heavy atom. The highest BCUT2D eigenvalue weighted by Gasteiger charge is 2.30. The maximum Gasteiger partial charge on any atom is 0.160 e. The second-order valence-corrected chi connectivity index (χ2v) is 7.22. The average Bonchev–Trinajstić information content (AvgIpc) is 3.22. The molecule has 2 fully saturated rings. The molecule has 0 saturated carbocycles. The Morgan fingerprint density at radius 1 is 1.26 bits per heavy atom. The number of nitrogens with zero attached hydrogens (tertiary/aromatic N) is 4. The van der Waals surface area contributed by atoms with Crippen LogP contribution in [0.25, 0.3) is 11.2 Å². The van der Waals surface area contributed by atoms with Crippen molar-refractivity contribution in [3.05, 3.63) is 24.2 Å². The molecule has 124 valence electrons. The van der Waals surface area contributed by atoms with Gasteiger partial charge >= 0.3 is 0 Å². The van der Waals surface area contributed by atoms with Crippen molar-refractivity contribution in [2.75, 3.05) is 19.6 Å². The summed E-state index contributed by atoms with van der Waals surface area (Å²) in [5.41, 5.74) is 2.10. The normalized spacial score (nSPS) is 26.4. The highest BCUT2D eigenvalue weighted by molar-refractivity contribution is 5.71. The Morgan fingerprint density at radius 3 is 2.96 bits per heavy atom. The second-order valence-electron chi connectivity index (χ2n) is 7.22. The molecule has 0 aromatic carbocycles. The van der Waals surface area contributed by atoms with Gasteiger partial charge in [0.1, 0.15) is 11.3 Å². The van der Waals surface area contributed by atoms with Crippen molar-refractivity contribution in [2.24, 2.45) is 0 Å². The van der Waals surface area contributed by atoms with Gasteiger partial charge in [0.25, 0.3) is 0 Å². The van der Waals surface area contributed by atoms with Crippen molar-refractivity contribution in [2.45, 2.75) is 57.7 Å². The molecular formula is C18H27N5. The molecule has 4 rings (SSSR count). The topological polar surface area (TPSA) is 46.0 Å². The number of imidazole rings is 1. The summed E-state index contributed by atoms with van der Waals surface area (Å²) in [7, 11) is 0. The first kappa shape index (κ1) is 15.1. The van der Waals surface area contributed by atoms with Gasteiger partial charge in [0.15, 0.2) is 5.65 Å². The zero-order chi connectivity index (χ0) is 15.8. The Bertz CT molecular complexity index is 671. The molecule has 0 radical (unpaired) electrons. The summed E-state index contributed by atoms with van der Waals surface area (Å²) in [5.74, 6) is 1.20. The number of rotatable bonds is 3. The summed E-state index contributed by atoms with van der Waals surface area (Å²) >= 11 is 0. The van der Waals surface area contributed by atoms with Crippen LogP contribution < -0.4 is 5.32 Å². The predicted molar refractivity (Wildman–Crippen MR) is 92.5 cm³/mol. The minimum Gasteiger partial charge on any atom is -0.307 e. The van der Waals surface area contributed by atoms with E-state index >= 15 is 0 Å². The van der Waals surface area contributed by atoms with Crippen LogP contribution in [-0.4, -0.2) is 45.1 Å². The Hall–Kier alpha value is -1.46. The van der Waals surface area contributed by atoms with Crippen molar-refractivity contribution in [3.8, 4) is 0 Å². The average molecular weight is 313 g/mol. The number of piperidine rings is 1. The lowest BCUT2D eigenvalue weighted by Crippen LogP contribution is -2.41. The number of nitrogens with one attached hydrogen (secondary N) is 1. The van der Waals surface area contributed by atoms with E-state index < -0.39 is 0 Å². The third-order valence-electron chi connectivity index (χ3n) is 5.37. The van der Waals surface area contributed by atoms with Crippen LogP contribution in [0, 0.1) is 0 Å². The van der Waals surface area contributed by atoms with Gasteiger partial charge in [0, 0.05) is 24.8 Å². The second kappa shape index (κ2) is 6.21. The van der Waals surface area contributed by atoms with E-state index in [1.165, 1.54) is 38.1 Å². The van der Waals surface area contributed by atoms with Gasteiger partial charge in [-0.3, -0.25) is 4.90 Å². The molecule has 5 nitrogen and oxygen atoms in total. The molecule has 2 atom stereocenters. The molecule has 0 amide bonds. The van der Waals surface area contributed by atoms with Crippen molar-refractivity contribution >= 4 is 11.2 Å². The molecule has 4 heterocycles. The van der Waals surface area contributed by atoms with E-state index in [-0.39, 0.29) is 0 Å². The molecule has 0 aliphatic carbocycles. The third-order valence-corrected chi connectivity index (χ3v) is 5.37. The van der Waals surface area contributed by atoms with Gasteiger partial charge < -0.3 is 9.88 Å². The van der Waals surface area contributed by atoms with Crippen LogP contribution in [0.15, 0.2) is 18.3 Å². The van der Waals surface area contributed by atoms with Gasteiger partial charge in [-0.05, 0) is 64.8 Å². The summed E-state index contributed by atoms with van der Waals surface area (Å²) in [6.45, 7) is 8.02. The van der Waals surface area contributed by atoms with Gasteiger partial charge in [-0.2, -0.15) is 0 Å². The Balaban J connectivity index is 1.76. The zero-order valence-corrected chi connectivity index (χ0v) is 14.2. The van der Waals surface area contributed by atoms with Gasteiger partial charge in [-0.15, -0.1) is 0 Å². The van der Waals surface area contributed by atoms with Crippen LogP contribution in [-0.2, 0) is 0 Å². The van der Waals surface area contributed by atoms with E-state index in [2.05, 4.69) is 39.7 Å². The fourth-order valence-corrected chi connectivity index (χ4v) is 4.12. The van der Waals surface area contributed by atoms with E-state index in [9.17, 15) is 0 Å². The van der Waals surface area contributed by atoms with E-state index in [0.29, 0.717) is 18.1 Å². The number of aromatic nitrogens is 3. The van der Waals surface area contributed by atoms with Gasteiger partial charge in [0.2, 0.25) is 0 Å². The highest BCUT2D eigenvalue weighted by Crippen LogP contribution is 2.32. The zero-order valence-electron chi connectivity index (χ0n) is 14.2. The molecule has 2 aromatic rings. The van der Waals surface area contributed by atoms with Crippen molar-refractivity contribution in [1.29, 1.82) is 0 Å². The predicted octanol–water partition coefficient (Wildman–Crippen LogP) is 2.90. The largest absolute Gasteiger partial charge is 0.307 e. The number of fused-ring (bicyclic) bond motifs is 1. The van der Waals surface area contributed by atoms with Gasteiger partial charge in [0.05, 0.1) is 6.04 Å². The van der Waals surface area contributed by atoms with Gasteiger partial charge in [-0.1, -0.05) is 0 Å². The first-order chi connectivity index (χ1) is 11.2. The smallest absolute Gasteiger partial charge is 0.160 e. The lowest BCUT2D eigenvalue weighted by Gasteiger charge is -2.37. The lowest BCUT2D eigenvalue weighted by molar-refractivity contribution is 0.142. The molecule has 1 N–H and O–H groups in total. The summed E-state index contributed by atoms with van der Waals surface area (Å²) in [4.78, 5) is 12.2. The number of hydrogen-bond acceptors (Lipinski definition) is 4. The van der Waals surface area contributed by atoms with Crippen LogP contribution in [0.3, 0.4) is 0 Å². The summed E-state index contributed by atoms with van der Waals surface area (Å²) in [5, 5.41) is 3.62. The van der Waals surface area contributed by atoms with Crippen LogP contribution in [0.2, 0.25) is 0 Å². The molecule has 0 spiro atoms. The maximum absolute atomic E-state index is 4.96. The molecule has 23 heavy (non-hydrogen) atoms. The molecule has 0 bridgehead atoms. The summed E-state index contributed by atoms with van der Waals surface area (Å²) in [6.07, 6.45) is 6.81. The molecule has 2 unspecified atom stereocenters. The standard InChI is InChI=1S/C18H27N5/c1-13(2)22-11-5-6-14(12-22)23-17-16(8-4-10-20-17)21-18(23)15-7-3-9-19-15/h4,8,10,13-15,19H,3,5-7,9,11-12H2,1-2H3. The fourth-order valence-electron chi connectivity index (χ4n) is 4.12. The molecule has 2 aliphatic heterocycles. The van der Waals surface area contributed by atoms with Crippen LogP contribution in [0.4, 0.5) is 0 Å². The van der Waals surface area contributed by atoms with E-state index in [1.807, 2.05) is 12.3 Å². The highest BCUT2D eigenvalue weighted by atomic mass is 15.2. The Kier molecular flexibility index (Phi) is 4.07. The number of likely N-dealkylation sites (tertiary alicyclic amines) is 1. The van der Waals surface area contributed by atoms with Crippen LogP contribution in [0.5, 0.6) is 0 Å². The SMILES string of the molecule is CC(C)N1CCCC(n2c(C3CCCN3)nc3cccnc32)C1. The monoisotopic (exact) mass is 313 g/mol. The third kappa shape index (κ3) is 2.76. The minimum atomic E-state index is 0.388. The summed E-state index contributed by atoms with van der Waals surface area (Å²) < 4.78 is 2.45. The van der Waals surface area contributed by atoms with Crippen LogP contribution >= 0.6 is 0 Å². The van der Waals surface area contributed by atoms with Crippen molar-refractivity contribution in [3.63, 3.8) is 0 Å². The fraction of sp³-hybridized carbons (Fsp3) is 0.667. The lowest BCUT2D eigenvalue weighted by atomic mass is 10.0. The maximum atomic E-state index is 4.96. The first-order valence-corrected chi connectivity index (χ1v) is 9.04.